The monoisotopic (exact) mass is 2110 g/mol. The minimum Gasteiger partial charge on any atom is -0.275 e. The molecule has 0 N–H and O–H groups in total. The molecule has 0 aliphatic rings. The average molecular weight is 2120 g/mol. The molecule has 0 spiro atoms. The summed E-state index contributed by atoms with van der Waals surface area (Å²) in [5.41, 5.74) is 20.0. The van der Waals surface area contributed by atoms with Crippen LogP contribution in [0, 0.1) is 0 Å². The van der Waals surface area contributed by atoms with Crippen LogP contribution in [0.15, 0.2) is 556 Å². The first-order valence-electron chi connectivity index (χ1n) is 49.8. The van der Waals surface area contributed by atoms with Crippen molar-refractivity contribution >= 4 is 178 Å². The molecule has 44 rings (SSSR count). The number of hydrogen-bond acceptors (Lipinski definition) is 6. The Hall–Kier alpha value is -18.3. The molecule has 708 valence electrons. The van der Waals surface area contributed by atoms with E-state index in [4.69, 9.17) is 15.0 Å². The molecule has 44 aromatic rings. The minimum absolute atomic E-state index is 0.00632. The van der Waals surface area contributed by atoms with Gasteiger partial charge in [-0.25, -0.2) is 0 Å². The van der Waals surface area contributed by atoms with Crippen molar-refractivity contribution in [2.75, 3.05) is 0 Å². The summed E-state index contributed by atoms with van der Waals surface area (Å²) in [6.07, 6.45) is 5.19. The Balaban J connectivity index is 0.853. The summed E-state index contributed by atoms with van der Waals surface area (Å²) in [4.78, 5) is 69.7. The van der Waals surface area contributed by atoms with Gasteiger partial charge in [-0.2, -0.15) is 0 Å². The lowest BCUT2D eigenvalue weighted by molar-refractivity contribution is 1.04. The molecule has 0 atom stereocenters. The molecule has 0 amide bonds. The Bertz CT molecular complexity index is 9200. The van der Waals surface area contributed by atoms with E-state index in [1.807, 2.05) is 200 Å². The van der Waals surface area contributed by atoms with Gasteiger partial charge < -0.3 is 0 Å². The second kappa shape index (κ2) is 40.3. The highest BCUT2D eigenvalue weighted by atomic mass is 79.9. The Labute approximate surface area is 889 Å². The predicted octanol–water partition coefficient (Wildman–Crippen LogP) is 36.5. The fourth-order valence-electron chi connectivity index (χ4n) is 20.9. The van der Waals surface area contributed by atoms with Gasteiger partial charge in [0.2, 0.25) is 0 Å². The maximum absolute atomic E-state index is 17.9. The lowest BCUT2D eigenvalue weighted by Crippen LogP contribution is -2.21. The van der Waals surface area contributed by atoms with E-state index in [1.165, 1.54) is 0 Å². The molecule has 150 heavy (non-hydrogen) atoms. The van der Waals surface area contributed by atoms with Crippen molar-refractivity contribution in [3.05, 3.63) is 573 Å². The fourth-order valence-corrected chi connectivity index (χ4v) is 22.7. The van der Waals surface area contributed by atoms with E-state index in [0.29, 0.717) is 50.2 Å². The molecule has 0 aliphatic carbocycles. The van der Waals surface area contributed by atoms with Crippen molar-refractivity contribution in [1.29, 1.82) is 0 Å². The Morgan fingerprint density at radius 2 is 0.353 bits per heavy atom. The van der Waals surface area contributed by atoms with Gasteiger partial charge in [-0.15, -0.1) is 0 Å². The highest BCUT2D eigenvalue weighted by molar-refractivity contribution is 9.11. The van der Waals surface area contributed by atoms with Crippen LogP contribution in [0.4, 0.5) is 0 Å². The lowest BCUT2D eigenvalue weighted by Gasteiger charge is -2.14. The van der Waals surface area contributed by atoms with Crippen LogP contribution in [-0.4, -0.2) is 28.7 Å². The molecule has 12 heteroatoms. The van der Waals surface area contributed by atoms with Gasteiger partial charge in [0.1, 0.15) is 0 Å². The van der Waals surface area contributed by atoms with Crippen molar-refractivity contribution in [1.82, 2.24) is 28.7 Å². The number of pyridine rings is 3. The number of nitrogens with zero attached hydrogens (tertiary/aromatic N) is 6. The maximum atomic E-state index is 17.9. The third-order valence-electron chi connectivity index (χ3n) is 28.4. The molecule has 0 radical (unpaired) electrons. The molecule has 18 bridgehead atoms. The molecule has 24 heterocycles. The Kier molecular flexibility index (Phi) is 24.9. The molecular formula is C138H87Br3N6O3. The van der Waals surface area contributed by atoms with Crippen molar-refractivity contribution in [2.45, 2.75) is 0 Å². The van der Waals surface area contributed by atoms with Crippen LogP contribution in [0.1, 0.15) is 0 Å². The number of rotatable bonds is 12. The average Bonchev–Trinajstić information content (AvgIpc) is 0.761. The van der Waals surface area contributed by atoms with Gasteiger partial charge in [-0.1, -0.05) is 375 Å². The van der Waals surface area contributed by atoms with Crippen LogP contribution >= 0.6 is 47.8 Å². The van der Waals surface area contributed by atoms with E-state index in [9.17, 15) is 0 Å². The third kappa shape index (κ3) is 18.4. The number of hydrogen-bond donors (Lipinski definition) is 0. The molecule has 9 nitrogen and oxygen atoms in total. The second-order valence-corrected chi connectivity index (χ2v) is 40.3. The second-order valence-electron chi connectivity index (χ2n) is 37.7. The highest BCUT2D eigenvalue weighted by Gasteiger charge is 2.20. The van der Waals surface area contributed by atoms with Gasteiger partial charge in [-0.3, -0.25) is 43.0 Å². The summed E-state index contributed by atoms with van der Waals surface area (Å²) in [5.74, 6) is 0. The SMILES string of the molecule is O=c1c2cc3cc(c2)c(=O)n(-c2cccc(-c4cc(-c5ccccc5)cc(-c5ccccc5)c4)c2)c2ccc(nc2)c2ccc(c(Br)c2)c2ccccc2c2cc(cc(c2)c2ccccc2c2ccc(cc2Br)c2ccc(cn2)n(-c2cccc(-c4cc(-c5ccccc5)cc(-c5ccccc5)c4)c2)c3=O)c2ccccc2c2ccc(cc2Br)c2ccc(cn2)n1-c1cccc(-c2cc(-c3ccccc3)cc(-c3ccccc3)c2)c1. The summed E-state index contributed by atoms with van der Waals surface area (Å²) in [5, 5.41) is 14.3. The summed E-state index contributed by atoms with van der Waals surface area (Å²) in [6, 6.07) is 174. The summed E-state index contributed by atoms with van der Waals surface area (Å²) in [7, 11) is 0. The van der Waals surface area contributed by atoms with Crippen LogP contribution in [0.2, 0.25) is 0 Å². The van der Waals surface area contributed by atoms with E-state index in [-0.39, 0.29) is 16.2 Å². The molecule has 0 unspecified atom stereocenters. The van der Waals surface area contributed by atoms with E-state index in [2.05, 4.69) is 339 Å². The zero-order valence-electron chi connectivity index (χ0n) is 80.8. The van der Waals surface area contributed by atoms with Gasteiger partial charge >= 0.3 is 0 Å². The maximum Gasteiger partial charge on any atom is 0.262 e. The largest absolute Gasteiger partial charge is 0.275 e. The van der Waals surface area contributed by atoms with E-state index >= 15 is 14.4 Å². The standard InChI is InChI=1S/C138H87Br3N6O3/c139-130-82-97-52-58-127(130)124-49-22-19-46-121(124)109-73-110-75-111(74-109)123-48-21-24-51-126(123)129-60-54-99(84-132(129)141)135-63-57-120(87-144-135)147(117-45-27-42-96(81-117)108-71-104(92-36-15-5-16-37-92)66-105(72-108)93-38-17-6-18-39-93)138(150)114-77-112(136(148)145(118-55-61-133(97)142-85-118)115-43-25-40-94(79-115)106-67-100(88-28-7-1-8-29-88)64-101(68-106)89-30-9-2-10-31-89)76-113(78-114)137(149)146(119-56-62-134(143-86-119)98-53-59-128(131(140)83-98)125-50-23-20-47-122(110)125)116-44-26-41-95(80-116)107-69-102(90-32-11-3-12-33-90)65-103(70-107)91-34-13-4-14-35-91/h1-87H. The predicted molar refractivity (Wildman–Crippen MR) is 638 cm³/mol. The van der Waals surface area contributed by atoms with Gasteiger partial charge in [-0.05, 0) is 347 Å². The van der Waals surface area contributed by atoms with Crippen molar-refractivity contribution in [2.24, 2.45) is 0 Å². The molecule has 0 saturated carbocycles. The number of halogens is 3. The normalized spacial score (nSPS) is 11.4. The number of benzene rings is 20. The fraction of sp³-hybridized carbons (Fsp3) is 0. The summed E-state index contributed by atoms with van der Waals surface area (Å²) >= 11 is 12.5. The van der Waals surface area contributed by atoms with Gasteiger partial charge in [0.05, 0.1) is 51.7 Å². The Morgan fingerprint density at radius 3 is 0.573 bits per heavy atom. The summed E-state index contributed by atoms with van der Waals surface area (Å²) in [6.45, 7) is 0. The van der Waals surface area contributed by atoms with Crippen molar-refractivity contribution in [3.8, 4) is 117 Å². The summed E-state index contributed by atoms with van der Waals surface area (Å²) < 4.78 is 7.43. The first-order valence-corrected chi connectivity index (χ1v) is 52.1. The zero-order chi connectivity index (χ0) is 101. The molecule has 0 aliphatic heterocycles. The first-order chi connectivity index (χ1) is 73.8. The van der Waals surface area contributed by atoms with Crippen LogP contribution in [0.5, 0.6) is 0 Å². The molecule has 0 fully saturated rings. The van der Waals surface area contributed by atoms with Crippen LogP contribution in [0.25, 0.3) is 247 Å². The smallest absolute Gasteiger partial charge is 0.262 e. The van der Waals surface area contributed by atoms with Crippen molar-refractivity contribution in [3.63, 3.8) is 0 Å². The zero-order valence-corrected chi connectivity index (χ0v) is 85.5. The highest BCUT2D eigenvalue weighted by Crippen LogP contribution is 2.43. The van der Waals surface area contributed by atoms with Crippen LogP contribution in [0.3, 0.4) is 0 Å². The lowest BCUT2D eigenvalue weighted by atomic mass is 9.93. The quantitative estimate of drug-likeness (QED) is 0.121. The third-order valence-corrected chi connectivity index (χ3v) is 30.3. The van der Waals surface area contributed by atoms with E-state index < -0.39 is 16.7 Å². The minimum atomic E-state index is -0.586. The Morgan fingerprint density at radius 1 is 0.147 bits per heavy atom. The molecular weight excluding hydrogens is 2030 g/mol. The first kappa shape index (κ1) is 92.8. The number of aromatic nitrogens is 6. The topological polar surface area (TPSA) is 105 Å². The molecule has 0 saturated heterocycles. The van der Waals surface area contributed by atoms with Crippen molar-refractivity contribution < 1.29 is 0 Å². The van der Waals surface area contributed by atoms with Gasteiger partial charge in [0, 0.05) is 62.8 Å². The van der Waals surface area contributed by atoms with Crippen LogP contribution in [-0.2, 0) is 0 Å². The van der Waals surface area contributed by atoms with Gasteiger partial charge in [0.15, 0.2) is 0 Å². The van der Waals surface area contributed by atoms with E-state index in [0.717, 1.165) is 194 Å². The molecule has 24 aromatic heterocycles. The molecule has 20 aromatic carbocycles. The van der Waals surface area contributed by atoms with Gasteiger partial charge in [0.25, 0.3) is 16.7 Å². The van der Waals surface area contributed by atoms with Crippen LogP contribution < -0.4 is 16.7 Å². The van der Waals surface area contributed by atoms with E-state index in [1.54, 1.807) is 50.5 Å².